The number of benzene rings is 4. The number of ether oxygens (including phenoxy) is 1. The van der Waals surface area contributed by atoms with Crippen LogP contribution in [0, 0.1) is 5.41 Å². The summed E-state index contributed by atoms with van der Waals surface area (Å²) in [5, 5.41) is 8.16. The van der Waals surface area contributed by atoms with Crippen molar-refractivity contribution in [3.8, 4) is 0 Å². The van der Waals surface area contributed by atoms with Gasteiger partial charge in [-0.15, -0.1) is 0 Å². The highest BCUT2D eigenvalue weighted by molar-refractivity contribution is 6.23. The molecule has 0 aromatic heterocycles. The zero-order chi connectivity index (χ0) is 19.4. The summed E-state index contributed by atoms with van der Waals surface area (Å²) in [5.74, 6) is 0. The normalized spacial score (nSPS) is 13.3. The van der Waals surface area contributed by atoms with Crippen molar-refractivity contribution < 1.29 is 4.74 Å². The van der Waals surface area contributed by atoms with Crippen molar-refractivity contribution in [3.63, 3.8) is 0 Å². The van der Waals surface area contributed by atoms with Gasteiger partial charge in [0.05, 0.1) is 12.2 Å². The summed E-state index contributed by atoms with van der Waals surface area (Å²) in [6.45, 7) is 13.9. The summed E-state index contributed by atoms with van der Waals surface area (Å²) in [6, 6.07) is 18.3. The zero-order valence-corrected chi connectivity index (χ0v) is 17.4. The number of hydrogen-bond donors (Lipinski definition) is 0. The number of rotatable bonds is 3. The maximum atomic E-state index is 6.02. The highest BCUT2D eigenvalue weighted by atomic mass is 16.5. The Kier molecular flexibility index (Phi) is 4.20. The van der Waals surface area contributed by atoms with E-state index in [1.54, 1.807) is 0 Å². The van der Waals surface area contributed by atoms with Gasteiger partial charge in [0, 0.05) is 0 Å². The van der Waals surface area contributed by atoms with Crippen LogP contribution < -0.4 is 0 Å². The third-order valence-corrected chi connectivity index (χ3v) is 5.14. The van der Waals surface area contributed by atoms with Gasteiger partial charge in [-0.25, -0.2) is 0 Å². The molecule has 0 radical (unpaired) electrons. The molecule has 0 unspecified atom stereocenters. The Morgan fingerprint density at radius 3 is 1.93 bits per heavy atom. The second kappa shape index (κ2) is 6.21. The highest BCUT2D eigenvalue weighted by Gasteiger charge is 2.17. The van der Waals surface area contributed by atoms with E-state index in [4.69, 9.17) is 4.74 Å². The van der Waals surface area contributed by atoms with Gasteiger partial charge in [-0.1, -0.05) is 57.2 Å². The SMILES string of the molecule is CC(C)(C)Cc1ccc2ccc3cc(COC(C)(C)C)cc4ccc1c2c34. The molecule has 0 N–H and O–H groups in total. The Morgan fingerprint density at radius 2 is 1.30 bits per heavy atom. The molecule has 0 spiro atoms. The summed E-state index contributed by atoms with van der Waals surface area (Å²) in [6.07, 6.45) is 1.09. The van der Waals surface area contributed by atoms with E-state index in [0.717, 1.165) is 6.42 Å². The minimum absolute atomic E-state index is 0.125. The van der Waals surface area contributed by atoms with Gasteiger partial charge in [0.25, 0.3) is 0 Å². The average molecular weight is 359 g/mol. The van der Waals surface area contributed by atoms with Crippen LogP contribution >= 0.6 is 0 Å². The summed E-state index contributed by atoms with van der Waals surface area (Å²) < 4.78 is 6.02. The predicted octanol–water partition coefficient (Wildman–Crippen LogP) is 7.49. The average Bonchev–Trinajstić information content (AvgIpc) is 2.57. The molecule has 0 aliphatic rings. The van der Waals surface area contributed by atoms with Crippen molar-refractivity contribution >= 4 is 32.3 Å². The van der Waals surface area contributed by atoms with Gasteiger partial charge in [0.1, 0.15) is 0 Å². The van der Waals surface area contributed by atoms with E-state index in [1.807, 2.05) is 0 Å². The van der Waals surface area contributed by atoms with Crippen LogP contribution in [0.3, 0.4) is 0 Å². The topological polar surface area (TPSA) is 9.23 Å². The van der Waals surface area contributed by atoms with Crippen LogP contribution in [0.15, 0.2) is 48.5 Å². The fourth-order valence-corrected chi connectivity index (χ4v) is 4.05. The van der Waals surface area contributed by atoms with Gasteiger partial charge < -0.3 is 4.74 Å². The molecule has 27 heavy (non-hydrogen) atoms. The highest BCUT2D eigenvalue weighted by Crippen LogP contribution is 2.38. The first-order chi connectivity index (χ1) is 12.6. The fraction of sp³-hybridized carbons (Fsp3) is 0.385. The summed E-state index contributed by atoms with van der Waals surface area (Å²) in [7, 11) is 0. The smallest absolute Gasteiger partial charge is 0.0724 e. The lowest BCUT2D eigenvalue weighted by molar-refractivity contribution is -0.0148. The molecule has 4 aromatic carbocycles. The van der Waals surface area contributed by atoms with E-state index in [0.29, 0.717) is 6.61 Å². The summed E-state index contributed by atoms with van der Waals surface area (Å²) >= 11 is 0. The molecule has 1 nitrogen and oxygen atoms in total. The standard InChI is InChI=1S/C26H30O/c1-25(2,3)15-21-10-8-18-7-9-19-13-17(16-27-26(4,5)6)14-20-11-12-22(21)24(18)23(19)20/h7-14H,15-16H2,1-6H3. The minimum Gasteiger partial charge on any atom is -0.371 e. The van der Waals surface area contributed by atoms with Crippen LogP contribution in [-0.4, -0.2) is 5.60 Å². The lowest BCUT2D eigenvalue weighted by atomic mass is 9.84. The van der Waals surface area contributed by atoms with E-state index in [-0.39, 0.29) is 11.0 Å². The molecular formula is C26H30O. The molecule has 0 saturated heterocycles. The lowest BCUT2D eigenvalue weighted by Gasteiger charge is -2.22. The predicted molar refractivity (Wildman–Crippen MR) is 118 cm³/mol. The Labute approximate surface area is 162 Å². The van der Waals surface area contributed by atoms with E-state index < -0.39 is 0 Å². The van der Waals surface area contributed by atoms with Crippen LogP contribution in [0.25, 0.3) is 32.3 Å². The van der Waals surface area contributed by atoms with Crippen LogP contribution in [0.4, 0.5) is 0 Å². The van der Waals surface area contributed by atoms with Gasteiger partial charge in [-0.05, 0) is 88.2 Å². The quantitative estimate of drug-likeness (QED) is 0.345. The van der Waals surface area contributed by atoms with Crippen molar-refractivity contribution in [1.29, 1.82) is 0 Å². The van der Waals surface area contributed by atoms with Gasteiger partial charge in [0.15, 0.2) is 0 Å². The zero-order valence-electron chi connectivity index (χ0n) is 17.4. The van der Waals surface area contributed by atoms with E-state index in [9.17, 15) is 0 Å². The molecular weight excluding hydrogens is 328 g/mol. The Balaban J connectivity index is 1.90. The molecule has 0 bridgehead atoms. The fourth-order valence-electron chi connectivity index (χ4n) is 4.05. The van der Waals surface area contributed by atoms with E-state index in [1.165, 1.54) is 43.4 Å². The van der Waals surface area contributed by atoms with Crippen LogP contribution in [0.5, 0.6) is 0 Å². The van der Waals surface area contributed by atoms with Crippen LogP contribution in [0.2, 0.25) is 0 Å². The van der Waals surface area contributed by atoms with Gasteiger partial charge in [-0.3, -0.25) is 0 Å². The van der Waals surface area contributed by atoms with E-state index >= 15 is 0 Å². The molecule has 0 aliphatic carbocycles. The molecule has 0 heterocycles. The molecule has 0 saturated carbocycles. The minimum atomic E-state index is -0.125. The first-order valence-corrected chi connectivity index (χ1v) is 9.94. The largest absolute Gasteiger partial charge is 0.371 e. The van der Waals surface area contributed by atoms with Gasteiger partial charge >= 0.3 is 0 Å². The molecule has 140 valence electrons. The molecule has 0 fully saturated rings. The van der Waals surface area contributed by atoms with Gasteiger partial charge in [0.2, 0.25) is 0 Å². The van der Waals surface area contributed by atoms with E-state index in [2.05, 4.69) is 90.1 Å². The summed E-state index contributed by atoms with van der Waals surface area (Å²) in [5.41, 5.74) is 2.84. The molecule has 0 aliphatic heterocycles. The van der Waals surface area contributed by atoms with Crippen molar-refractivity contribution in [1.82, 2.24) is 0 Å². The van der Waals surface area contributed by atoms with Crippen molar-refractivity contribution in [2.24, 2.45) is 5.41 Å². The molecule has 1 heteroatoms. The maximum absolute atomic E-state index is 6.02. The number of hydrogen-bond acceptors (Lipinski definition) is 1. The summed E-state index contributed by atoms with van der Waals surface area (Å²) in [4.78, 5) is 0. The second-order valence-electron chi connectivity index (χ2n) is 10.1. The van der Waals surface area contributed by atoms with Crippen molar-refractivity contribution in [3.05, 3.63) is 59.7 Å². The van der Waals surface area contributed by atoms with Crippen LogP contribution in [0.1, 0.15) is 52.7 Å². The first-order valence-electron chi connectivity index (χ1n) is 9.94. The van der Waals surface area contributed by atoms with Crippen molar-refractivity contribution in [2.45, 2.75) is 60.2 Å². The van der Waals surface area contributed by atoms with Gasteiger partial charge in [-0.2, -0.15) is 0 Å². The van der Waals surface area contributed by atoms with Crippen molar-refractivity contribution in [2.75, 3.05) is 0 Å². The lowest BCUT2D eigenvalue weighted by Crippen LogP contribution is -2.18. The van der Waals surface area contributed by atoms with Crippen LogP contribution in [-0.2, 0) is 17.8 Å². The molecule has 0 atom stereocenters. The Hall–Kier alpha value is -2.12. The molecule has 4 aromatic rings. The molecule has 4 rings (SSSR count). The maximum Gasteiger partial charge on any atom is 0.0724 e. The molecule has 0 amide bonds. The Bertz CT molecular complexity index is 1090. The monoisotopic (exact) mass is 358 g/mol. The third-order valence-electron chi connectivity index (χ3n) is 5.14. The first kappa shape index (κ1) is 18.3. The Morgan fingerprint density at radius 1 is 0.704 bits per heavy atom. The second-order valence-corrected chi connectivity index (χ2v) is 10.1. The third kappa shape index (κ3) is 3.66.